The maximum Gasteiger partial charge on any atom is 0.271 e. The topological polar surface area (TPSA) is 92.6 Å². The van der Waals surface area contributed by atoms with E-state index in [-0.39, 0.29) is 10.8 Å². The minimum absolute atomic E-state index is 0.111. The predicted octanol–water partition coefficient (Wildman–Crippen LogP) is 3.26. The number of hydrogen-bond acceptors (Lipinski definition) is 7. The van der Waals surface area contributed by atoms with Crippen LogP contribution < -0.4 is 10.5 Å². The average Bonchev–Trinajstić information content (AvgIpc) is 2.87. The lowest BCUT2D eigenvalue weighted by Crippen LogP contribution is -2.49. The minimum Gasteiger partial charge on any atom is -0.366 e. The highest BCUT2D eigenvalue weighted by atomic mass is 32.2. The highest BCUT2D eigenvalue weighted by Crippen LogP contribution is 2.32. The van der Waals surface area contributed by atoms with E-state index >= 15 is 0 Å². The van der Waals surface area contributed by atoms with Crippen LogP contribution in [0.4, 0.5) is 5.69 Å². The Kier molecular flexibility index (Phi) is 10.3. The Morgan fingerprint density at radius 1 is 1.06 bits per heavy atom. The molecule has 3 heterocycles. The van der Waals surface area contributed by atoms with Gasteiger partial charge in [0.1, 0.15) is 0 Å². The zero-order valence-corrected chi connectivity index (χ0v) is 22.6. The van der Waals surface area contributed by atoms with E-state index in [0.717, 1.165) is 12.0 Å². The zero-order chi connectivity index (χ0) is 26.2. The number of thiol groups is 1. The number of anilines is 1. The van der Waals surface area contributed by atoms with Crippen molar-refractivity contribution in [3.8, 4) is 0 Å². The van der Waals surface area contributed by atoms with Crippen LogP contribution in [0, 0.1) is 0 Å². The summed E-state index contributed by atoms with van der Waals surface area (Å²) >= 11 is 3.79. The van der Waals surface area contributed by atoms with Gasteiger partial charge in [-0.3, -0.25) is 14.6 Å². The third kappa shape index (κ3) is 6.43. The molecule has 190 valence electrons. The normalized spacial score (nSPS) is 13.4. The summed E-state index contributed by atoms with van der Waals surface area (Å²) in [5.74, 6) is 0.833. The molecule has 8 nitrogen and oxygen atoms in total. The van der Waals surface area contributed by atoms with Crippen LogP contribution >= 0.6 is 12.6 Å². The van der Waals surface area contributed by atoms with Crippen LogP contribution in [0.1, 0.15) is 31.1 Å². The summed E-state index contributed by atoms with van der Waals surface area (Å²) < 4.78 is 26.5. The number of rotatable bonds is 3. The van der Waals surface area contributed by atoms with Gasteiger partial charge in [-0.2, -0.15) is 12.6 Å². The molecule has 1 amide bonds. The molecule has 1 aliphatic rings. The quantitative estimate of drug-likeness (QED) is 0.535. The zero-order valence-electron chi connectivity index (χ0n) is 20.9. The molecule has 1 fully saturated rings. The van der Waals surface area contributed by atoms with Crippen molar-refractivity contribution in [2.75, 3.05) is 43.1 Å². The lowest BCUT2D eigenvalue weighted by Gasteiger charge is -2.37. The van der Waals surface area contributed by atoms with E-state index in [4.69, 9.17) is 0 Å². The monoisotopic (exact) mass is 518 g/mol. The summed E-state index contributed by atoms with van der Waals surface area (Å²) in [4.78, 5) is 33.0. The van der Waals surface area contributed by atoms with E-state index in [1.54, 1.807) is 36.3 Å². The van der Waals surface area contributed by atoms with Crippen molar-refractivity contribution < 1.29 is 13.2 Å². The molecule has 35 heavy (non-hydrogen) atoms. The second-order valence-corrected chi connectivity index (χ2v) is 10.3. The second kappa shape index (κ2) is 12.7. The Balaban J connectivity index is 0.000000803. The molecule has 1 saturated heterocycles. The molecular weight excluding hydrogens is 484 g/mol. The SMILES string of the molecule is CC.CCS.Cn1c(=O)c(S(C)(=O)=O)c(N2CCN(C(=O)c3cccnc3)CC2)c2ccccc21. The Morgan fingerprint density at radius 2 is 1.66 bits per heavy atom. The minimum atomic E-state index is -3.76. The van der Waals surface area contributed by atoms with Crippen LogP contribution in [0.15, 0.2) is 58.5 Å². The molecule has 4 rings (SSSR count). The molecule has 0 N–H and O–H groups in total. The number of fused-ring (bicyclic) bond motifs is 1. The van der Waals surface area contributed by atoms with Gasteiger partial charge in [-0.25, -0.2) is 8.42 Å². The van der Waals surface area contributed by atoms with Gasteiger partial charge in [-0.05, 0) is 24.0 Å². The lowest BCUT2D eigenvalue weighted by molar-refractivity contribution is 0.0746. The molecule has 1 aliphatic heterocycles. The maximum absolute atomic E-state index is 12.9. The fraction of sp³-hybridized carbons (Fsp3) is 0.400. The molecule has 3 aromatic rings. The van der Waals surface area contributed by atoms with Crippen LogP contribution in [0.3, 0.4) is 0 Å². The molecule has 0 radical (unpaired) electrons. The molecule has 0 aliphatic carbocycles. The van der Waals surface area contributed by atoms with Gasteiger partial charge >= 0.3 is 0 Å². The fourth-order valence-corrected chi connectivity index (χ4v) is 4.95. The number of amides is 1. The van der Waals surface area contributed by atoms with Gasteiger partial charge in [0.05, 0.1) is 16.8 Å². The molecule has 10 heteroatoms. The molecule has 0 saturated carbocycles. The second-order valence-electron chi connectivity index (χ2n) is 7.67. The molecule has 0 unspecified atom stereocenters. The van der Waals surface area contributed by atoms with Crippen LogP contribution in [0.25, 0.3) is 10.9 Å². The molecule has 0 bridgehead atoms. The van der Waals surface area contributed by atoms with E-state index in [1.165, 1.54) is 10.8 Å². The summed E-state index contributed by atoms with van der Waals surface area (Å²) in [5, 5.41) is 0.701. The maximum atomic E-state index is 12.9. The van der Waals surface area contributed by atoms with Gasteiger partial charge in [0.15, 0.2) is 14.7 Å². The van der Waals surface area contributed by atoms with Crippen molar-refractivity contribution in [1.82, 2.24) is 14.5 Å². The van der Waals surface area contributed by atoms with Gasteiger partial charge in [-0.1, -0.05) is 39.0 Å². The Bertz CT molecular complexity index is 1300. The number of piperazine rings is 1. The van der Waals surface area contributed by atoms with Gasteiger partial charge in [-0.15, -0.1) is 0 Å². The number of nitrogens with zero attached hydrogens (tertiary/aromatic N) is 4. The number of carbonyl (C=O) groups is 1. The summed E-state index contributed by atoms with van der Waals surface area (Å²) in [6, 6.07) is 10.7. The van der Waals surface area contributed by atoms with Crippen molar-refractivity contribution in [1.29, 1.82) is 0 Å². The number of hydrogen-bond donors (Lipinski definition) is 1. The molecule has 0 spiro atoms. The van der Waals surface area contributed by atoms with Crippen LogP contribution in [0.2, 0.25) is 0 Å². The van der Waals surface area contributed by atoms with Crippen molar-refractivity contribution in [3.05, 3.63) is 64.7 Å². The first kappa shape index (κ1) is 28.4. The van der Waals surface area contributed by atoms with Crippen molar-refractivity contribution in [2.45, 2.75) is 25.7 Å². The number of benzene rings is 1. The smallest absolute Gasteiger partial charge is 0.271 e. The van der Waals surface area contributed by atoms with E-state index in [2.05, 4.69) is 17.6 Å². The van der Waals surface area contributed by atoms with Gasteiger partial charge in [0.25, 0.3) is 11.5 Å². The number of carbonyl (C=O) groups excluding carboxylic acids is 1. The molecule has 1 aromatic carbocycles. The highest BCUT2D eigenvalue weighted by Gasteiger charge is 2.30. The number of para-hydroxylation sites is 1. The van der Waals surface area contributed by atoms with Crippen LogP contribution in [-0.4, -0.2) is 67.0 Å². The lowest BCUT2D eigenvalue weighted by atomic mass is 10.1. The largest absolute Gasteiger partial charge is 0.366 e. The fourth-order valence-electron chi connectivity index (χ4n) is 3.90. The van der Waals surface area contributed by atoms with Crippen LogP contribution in [0.5, 0.6) is 0 Å². The summed E-state index contributed by atoms with van der Waals surface area (Å²) in [7, 11) is -2.19. The number of sulfone groups is 1. The first-order chi connectivity index (χ1) is 16.7. The van der Waals surface area contributed by atoms with E-state index in [9.17, 15) is 18.0 Å². The third-order valence-corrected chi connectivity index (χ3v) is 6.51. The van der Waals surface area contributed by atoms with Crippen molar-refractivity contribution in [3.63, 3.8) is 0 Å². The molecule has 2 aromatic heterocycles. The summed E-state index contributed by atoms with van der Waals surface area (Å²) in [5.41, 5.74) is 1.06. The van der Waals surface area contributed by atoms with Crippen LogP contribution in [-0.2, 0) is 16.9 Å². The van der Waals surface area contributed by atoms with Gasteiger partial charge < -0.3 is 14.4 Å². The third-order valence-electron chi connectivity index (χ3n) is 5.40. The van der Waals surface area contributed by atoms with E-state index < -0.39 is 15.4 Å². The molecular formula is C25H34N4O4S2. The Morgan fingerprint density at radius 3 is 2.20 bits per heavy atom. The average molecular weight is 519 g/mol. The number of aromatic nitrogens is 2. The standard InChI is InChI=1S/C21H22N4O4S.C2H6S.C2H6/c1-23-17-8-4-3-7-16(17)18(19(21(23)27)30(2,28)29)24-10-12-25(13-11-24)20(26)15-6-5-9-22-14-15;1-2-3;1-2/h3-9,14H,10-13H2,1-2H3;3H,2H2,1H3;1-2H3. The van der Waals surface area contributed by atoms with E-state index in [1.807, 2.05) is 43.9 Å². The van der Waals surface area contributed by atoms with Crippen molar-refractivity contribution in [2.24, 2.45) is 7.05 Å². The molecule has 0 atom stereocenters. The first-order valence-electron chi connectivity index (χ1n) is 11.6. The Hall–Kier alpha value is -2.85. The first-order valence-corrected chi connectivity index (χ1v) is 14.1. The number of aryl methyl sites for hydroxylation is 1. The Labute approximate surface area is 212 Å². The van der Waals surface area contributed by atoms with Gasteiger partial charge in [0.2, 0.25) is 0 Å². The number of pyridine rings is 2. The summed E-state index contributed by atoms with van der Waals surface area (Å²) in [6.45, 7) is 7.67. The van der Waals surface area contributed by atoms with E-state index in [0.29, 0.717) is 48.3 Å². The highest BCUT2D eigenvalue weighted by molar-refractivity contribution is 7.90. The predicted molar refractivity (Wildman–Crippen MR) is 146 cm³/mol. The summed E-state index contributed by atoms with van der Waals surface area (Å²) in [6.07, 6.45) is 4.21. The van der Waals surface area contributed by atoms with Gasteiger partial charge in [0, 0.05) is 57.3 Å². The van der Waals surface area contributed by atoms with Crippen molar-refractivity contribution >= 4 is 45.0 Å².